The standard InChI is InChI=1S/C23H24N2O3S/c1-17(18-9-11-20(12-10-18)19-7-5-4-6-8-19)24-23(26)21-13-15-22(16-14-21)29(27,28)25(2)3/h4-17H,1-3H3,(H,24,26)/t17-/m0/s1. The van der Waals surface area contributed by atoms with Crippen molar-refractivity contribution in [2.75, 3.05) is 14.1 Å². The zero-order valence-electron chi connectivity index (χ0n) is 16.7. The fourth-order valence-corrected chi connectivity index (χ4v) is 3.85. The first-order valence-electron chi connectivity index (χ1n) is 9.28. The molecule has 29 heavy (non-hydrogen) atoms. The second-order valence-electron chi connectivity index (χ2n) is 6.99. The topological polar surface area (TPSA) is 66.5 Å². The van der Waals surface area contributed by atoms with E-state index < -0.39 is 10.0 Å². The van der Waals surface area contributed by atoms with Crippen LogP contribution in [0.2, 0.25) is 0 Å². The van der Waals surface area contributed by atoms with Gasteiger partial charge in [0.15, 0.2) is 0 Å². The fraction of sp³-hybridized carbons (Fsp3) is 0.174. The van der Waals surface area contributed by atoms with Crippen LogP contribution in [0.3, 0.4) is 0 Å². The third-order valence-electron chi connectivity index (χ3n) is 4.76. The molecule has 0 bridgehead atoms. The highest BCUT2D eigenvalue weighted by Gasteiger charge is 2.18. The average molecular weight is 409 g/mol. The fourth-order valence-electron chi connectivity index (χ4n) is 2.95. The summed E-state index contributed by atoms with van der Waals surface area (Å²) in [5.74, 6) is -0.251. The molecule has 0 saturated heterocycles. The number of nitrogens with zero attached hydrogens (tertiary/aromatic N) is 1. The summed E-state index contributed by atoms with van der Waals surface area (Å²) in [5, 5.41) is 2.95. The normalized spacial score (nSPS) is 12.6. The lowest BCUT2D eigenvalue weighted by Crippen LogP contribution is -2.27. The molecule has 150 valence electrons. The molecule has 0 heterocycles. The molecule has 0 fully saturated rings. The maximum Gasteiger partial charge on any atom is 0.251 e. The number of benzene rings is 3. The summed E-state index contributed by atoms with van der Waals surface area (Å²) < 4.78 is 25.4. The summed E-state index contributed by atoms with van der Waals surface area (Å²) in [7, 11) is -0.565. The zero-order valence-corrected chi connectivity index (χ0v) is 17.5. The van der Waals surface area contributed by atoms with E-state index in [-0.39, 0.29) is 16.8 Å². The number of sulfonamides is 1. The first-order valence-corrected chi connectivity index (χ1v) is 10.7. The molecule has 1 N–H and O–H groups in total. The highest BCUT2D eigenvalue weighted by Crippen LogP contribution is 2.22. The average Bonchev–Trinajstić information content (AvgIpc) is 2.74. The Hall–Kier alpha value is -2.96. The number of amides is 1. The predicted molar refractivity (Wildman–Crippen MR) is 115 cm³/mol. The minimum absolute atomic E-state index is 0.156. The highest BCUT2D eigenvalue weighted by molar-refractivity contribution is 7.89. The monoisotopic (exact) mass is 408 g/mol. The van der Waals surface area contributed by atoms with Crippen LogP contribution in [-0.2, 0) is 10.0 Å². The molecule has 6 heteroatoms. The first kappa shape index (κ1) is 20.8. The van der Waals surface area contributed by atoms with Crippen LogP contribution in [0.5, 0.6) is 0 Å². The van der Waals surface area contributed by atoms with Gasteiger partial charge in [-0.2, -0.15) is 0 Å². The Morgan fingerprint density at radius 3 is 1.93 bits per heavy atom. The van der Waals surface area contributed by atoms with E-state index in [4.69, 9.17) is 0 Å². The first-order chi connectivity index (χ1) is 13.8. The van der Waals surface area contributed by atoms with Crippen molar-refractivity contribution in [3.8, 4) is 11.1 Å². The minimum Gasteiger partial charge on any atom is -0.346 e. The number of hydrogen-bond donors (Lipinski definition) is 1. The molecule has 0 aliphatic carbocycles. The Morgan fingerprint density at radius 1 is 0.828 bits per heavy atom. The molecular formula is C23H24N2O3S. The number of rotatable bonds is 6. The van der Waals surface area contributed by atoms with Crippen LogP contribution in [-0.4, -0.2) is 32.7 Å². The van der Waals surface area contributed by atoms with Gasteiger partial charge in [-0.25, -0.2) is 12.7 Å². The van der Waals surface area contributed by atoms with Crippen molar-refractivity contribution in [3.63, 3.8) is 0 Å². The van der Waals surface area contributed by atoms with Gasteiger partial charge in [-0.3, -0.25) is 4.79 Å². The second kappa shape index (κ2) is 8.59. The summed E-state index contributed by atoms with van der Waals surface area (Å²) in [6.07, 6.45) is 0. The third kappa shape index (κ3) is 4.72. The molecule has 1 atom stereocenters. The van der Waals surface area contributed by atoms with Gasteiger partial charge in [-0.15, -0.1) is 0 Å². The lowest BCUT2D eigenvalue weighted by molar-refractivity contribution is 0.0940. The van der Waals surface area contributed by atoms with E-state index in [1.54, 1.807) is 0 Å². The Labute approximate surface area is 172 Å². The van der Waals surface area contributed by atoms with Crippen molar-refractivity contribution < 1.29 is 13.2 Å². The van der Waals surface area contributed by atoms with Crippen LogP contribution >= 0.6 is 0 Å². The second-order valence-corrected chi connectivity index (χ2v) is 9.15. The molecule has 3 aromatic carbocycles. The Morgan fingerprint density at radius 2 is 1.38 bits per heavy atom. The van der Waals surface area contributed by atoms with Crippen LogP contribution in [0.15, 0.2) is 83.8 Å². The van der Waals surface area contributed by atoms with E-state index >= 15 is 0 Å². The van der Waals surface area contributed by atoms with Crippen LogP contribution in [0.25, 0.3) is 11.1 Å². The quantitative estimate of drug-likeness (QED) is 0.668. The Bertz CT molecular complexity index is 1080. The van der Waals surface area contributed by atoms with E-state index in [0.717, 1.165) is 21.0 Å². The minimum atomic E-state index is -3.51. The van der Waals surface area contributed by atoms with E-state index in [9.17, 15) is 13.2 Å². The third-order valence-corrected chi connectivity index (χ3v) is 6.59. The molecule has 5 nitrogen and oxygen atoms in total. The molecule has 0 radical (unpaired) electrons. The zero-order chi connectivity index (χ0) is 21.0. The van der Waals surface area contributed by atoms with Gasteiger partial charge in [0.1, 0.15) is 0 Å². The molecule has 0 spiro atoms. The number of carbonyl (C=O) groups excluding carboxylic acids is 1. The van der Waals surface area contributed by atoms with Crippen LogP contribution in [0.4, 0.5) is 0 Å². The van der Waals surface area contributed by atoms with E-state index in [1.807, 2.05) is 49.4 Å². The van der Waals surface area contributed by atoms with Crippen molar-refractivity contribution in [3.05, 3.63) is 90.0 Å². The molecule has 0 aliphatic heterocycles. The SMILES string of the molecule is C[C@H](NC(=O)c1ccc(S(=O)(=O)N(C)C)cc1)c1ccc(-c2ccccc2)cc1. The number of nitrogens with one attached hydrogen (secondary N) is 1. The van der Waals surface area contributed by atoms with Gasteiger partial charge >= 0.3 is 0 Å². The highest BCUT2D eigenvalue weighted by atomic mass is 32.2. The Balaban J connectivity index is 1.69. The number of carbonyl (C=O) groups is 1. The van der Waals surface area contributed by atoms with Gasteiger partial charge in [-0.1, -0.05) is 54.6 Å². The van der Waals surface area contributed by atoms with Gasteiger partial charge < -0.3 is 5.32 Å². The van der Waals surface area contributed by atoms with Crippen molar-refractivity contribution in [1.82, 2.24) is 9.62 Å². The van der Waals surface area contributed by atoms with E-state index in [2.05, 4.69) is 17.4 Å². The largest absolute Gasteiger partial charge is 0.346 e. The van der Waals surface area contributed by atoms with Crippen LogP contribution in [0.1, 0.15) is 28.9 Å². The molecule has 3 rings (SSSR count). The molecular weight excluding hydrogens is 384 g/mol. The lowest BCUT2D eigenvalue weighted by Gasteiger charge is -2.16. The van der Waals surface area contributed by atoms with Crippen LogP contribution < -0.4 is 5.32 Å². The summed E-state index contributed by atoms with van der Waals surface area (Å²) in [6.45, 7) is 1.92. The number of hydrogen-bond acceptors (Lipinski definition) is 3. The predicted octanol–water partition coefficient (Wildman–Crippen LogP) is 4.09. The smallest absolute Gasteiger partial charge is 0.251 e. The van der Waals surface area contributed by atoms with E-state index in [0.29, 0.717) is 5.56 Å². The maximum absolute atomic E-state index is 12.5. The lowest BCUT2D eigenvalue weighted by atomic mass is 10.0. The van der Waals surface area contributed by atoms with Crippen LogP contribution in [0, 0.1) is 0 Å². The molecule has 1 amide bonds. The maximum atomic E-state index is 12.5. The van der Waals surface area contributed by atoms with Crippen molar-refractivity contribution in [1.29, 1.82) is 0 Å². The van der Waals surface area contributed by atoms with Gasteiger partial charge in [-0.05, 0) is 47.9 Å². The molecule has 3 aromatic rings. The van der Waals surface area contributed by atoms with E-state index in [1.165, 1.54) is 38.4 Å². The molecule has 0 saturated carbocycles. The van der Waals surface area contributed by atoms with Crippen molar-refractivity contribution in [2.24, 2.45) is 0 Å². The Kier molecular flexibility index (Phi) is 6.15. The molecule has 0 aliphatic rings. The summed E-state index contributed by atoms with van der Waals surface area (Å²) in [4.78, 5) is 12.7. The van der Waals surface area contributed by atoms with Gasteiger partial charge in [0, 0.05) is 19.7 Å². The molecule has 0 unspecified atom stereocenters. The van der Waals surface area contributed by atoms with Gasteiger partial charge in [0.25, 0.3) is 5.91 Å². The van der Waals surface area contributed by atoms with Crippen molar-refractivity contribution in [2.45, 2.75) is 17.9 Å². The summed E-state index contributed by atoms with van der Waals surface area (Å²) in [6, 6.07) is 23.9. The molecule has 0 aromatic heterocycles. The summed E-state index contributed by atoms with van der Waals surface area (Å²) >= 11 is 0. The van der Waals surface area contributed by atoms with Gasteiger partial charge in [0.05, 0.1) is 10.9 Å². The van der Waals surface area contributed by atoms with Crippen molar-refractivity contribution >= 4 is 15.9 Å². The summed E-state index contributed by atoms with van der Waals surface area (Å²) in [5.41, 5.74) is 3.66. The van der Waals surface area contributed by atoms with Gasteiger partial charge in [0.2, 0.25) is 10.0 Å².